The maximum absolute atomic E-state index is 12.5. The van der Waals surface area contributed by atoms with E-state index < -0.39 is 5.41 Å². The maximum Gasteiger partial charge on any atom is 0.250 e. The van der Waals surface area contributed by atoms with Crippen LogP contribution in [0.4, 0.5) is 11.4 Å². The summed E-state index contributed by atoms with van der Waals surface area (Å²) in [5, 5.41) is 2.83. The first kappa shape index (κ1) is 15.8. The van der Waals surface area contributed by atoms with Gasteiger partial charge < -0.3 is 15.6 Å². The van der Waals surface area contributed by atoms with Crippen molar-refractivity contribution in [1.29, 1.82) is 0 Å². The van der Waals surface area contributed by atoms with E-state index in [1.165, 1.54) is 6.07 Å². The van der Waals surface area contributed by atoms with Crippen LogP contribution in [-0.2, 0) is 11.3 Å². The SMILES string of the molecule is Cc1cccc(=O)n1CC(C)(C)C(=O)Nc1ccccc1N. The first-order valence-electron chi connectivity index (χ1n) is 7.14. The van der Waals surface area contributed by atoms with Crippen molar-refractivity contribution in [2.75, 3.05) is 11.1 Å². The summed E-state index contributed by atoms with van der Waals surface area (Å²) in [6, 6.07) is 12.2. The fraction of sp³-hybridized carbons (Fsp3) is 0.294. The molecule has 0 unspecified atom stereocenters. The highest BCUT2D eigenvalue weighted by molar-refractivity contribution is 5.97. The Hall–Kier alpha value is -2.56. The molecule has 0 aliphatic rings. The number of nitrogens with two attached hydrogens (primary N) is 1. The zero-order valence-corrected chi connectivity index (χ0v) is 13.1. The summed E-state index contributed by atoms with van der Waals surface area (Å²) in [4.78, 5) is 24.5. The quantitative estimate of drug-likeness (QED) is 0.851. The minimum absolute atomic E-state index is 0.111. The smallest absolute Gasteiger partial charge is 0.250 e. The summed E-state index contributed by atoms with van der Waals surface area (Å²) < 4.78 is 1.61. The van der Waals surface area contributed by atoms with E-state index in [1.807, 2.05) is 25.1 Å². The van der Waals surface area contributed by atoms with Gasteiger partial charge in [0.2, 0.25) is 5.91 Å². The third-order valence-corrected chi connectivity index (χ3v) is 3.65. The Balaban J connectivity index is 2.21. The molecule has 5 heteroatoms. The van der Waals surface area contributed by atoms with Gasteiger partial charge in [0, 0.05) is 18.3 Å². The molecule has 0 spiro atoms. The van der Waals surface area contributed by atoms with Gasteiger partial charge in [-0.15, -0.1) is 0 Å². The van der Waals surface area contributed by atoms with Crippen LogP contribution >= 0.6 is 0 Å². The summed E-state index contributed by atoms with van der Waals surface area (Å²) in [7, 11) is 0. The van der Waals surface area contributed by atoms with E-state index in [1.54, 1.807) is 36.6 Å². The van der Waals surface area contributed by atoms with Crippen molar-refractivity contribution < 1.29 is 4.79 Å². The lowest BCUT2D eigenvalue weighted by molar-refractivity contribution is -0.124. The number of aryl methyl sites for hydroxylation is 1. The Morgan fingerprint density at radius 2 is 1.86 bits per heavy atom. The predicted molar refractivity (Wildman–Crippen MR) is 88.7 cm³/mol. The van der Waals surface area contributed by atoms with E-state index >= 15 is 0 Å². The van der Waals surface area contributed by atoms with E-state index in [9.17, 15) is 9.59 Å². The maximum atomic E-state index is 12.5. The zero-order valence-electron chi connectivity index (χ0n) is 13.1. The average Bonchev–Trinajstić information content (AvgIpc) is 2.45. The van der Waals surface area contributed by atoms with Gasteiger partial charge in [-0.3, -0.25) is 9.59 Å². The molecule has 3 N–H and O–H groups in total. The van der Waals surface area contributed by atoms with Crippen LogP contribution < -0.4 is 16.6 Å². The van der Waals surface area contributed by atoms with Gasteiger partial charge in [0.25, 0.3) is 5.56 Å². The Bertz CT molecular complexity index is 748. The van der Waals surface area contributed by atoms with E-state index in [2.05, 4.69) is 5.32 Å². The number of nitrogens with one attached hydrogen (secondary N) is 1. The Labute approximate surface area is 129 Å². The number of nitrogen functional groups attached to an aromatic ring is 1. The fourth-order valence-electron chi connectivity index (χ4n) is 2.20. The number of hydrogen-bond acceptors (Lipinski definition) is 3. The van der Waals surface area contributed by atoms with Gasteiger partial charge in [-0.05, 0) is 39.0 Å². The van der Waals surface area contributed by atoms with Gasteiger partial charge in [-0.1, -0.05) is 18.2 Å². The Morgan fingerprint density at radius 1 is 1.18 bits per heavy atom. The number of carbonyl (C=O) groups is 1. The molecular weight excluding hydrogens is 278 g/mol. The van der Waals surface area contributed by atoms with E-state index in [0.717, 1.165) is 5.69 Å². The Kier molecular flexibility index (Phi) is 4.35. The first-order valence-corrected chi connectivity index (χ1v) is 7.14. The molecule has 0 aliphatic heterocycles. The number of benzene rings is 1. The zero-order chi connectivity index (χ0) is 16.3. The topological polar surface area (TPSA) is 77.1 Å². The second kappa shape index (κ2) is 6.05. The fourth-order valence-corrected chi connectivity index (χ4v) is 2.20. The lowest BCUT2D eigenvalue weighted by Crippen LogP contribution is -2.38. The van der Waals surface area contributed by atoms with Crippen LogP contribution in [0, 0.1) is 12.3 Å². The molecule has 1 amide bonds. The average molecular weight is 299 g/mol. The molecule has 1 heterocycles. The summed E-state index contributed by atoms with van der Waals surface area (Å²) in [5.41, 5.74) is 6.90. The molecule has 2 aromatic rings. The van der Waals surface area contributed by atoms with Gasteiger partial charge in [0.1, 0.15) is 0 Å². The van der Waals surface area contributed by atoms with Crippen molar-refractivity contribution >= 4 is 17.3 Å². The van der Waals surface area contributed by atoms with Gasteiger partial charge in [0.05, 0.1) is 16.8 Å². The van der Waals surface area contributed by atoms with Crippen LogP contribution in [0.5, 0.6) is 0 Å². The molecule has 22 heavy (non-hydrogen) atoms. The van der Waals surface area contributed by atoms with Gasteiger partial charge in [-0.2, -0.15) is 0 Å². The minimum atomic E-state index is -0.752. The number of nitrogens with zero attached hydrogens (tertiary/aromatic N) is 1. The standard InChI is InChI=1S/C17H21N3O2/c1-12-7-6-10-15(21)20(12)11-17(2,3)16(22)19-14-9-5-4-8-13(14)18/h4-10H,11,18H2,1-3H3,(H,19,22). The second-order valence-corrected chi connectivity index (χ2v) is 6.02. The molecule has 116 valence electrons. The molecule has 5 nitrogen and oxygen atoms in total. The Morgan fingerprint density at radius 3 is 2.50 bits per heavy atom. The van der Waals surface area contributed by atoms with Crippen molar-refractivity contribution in [2.45, 2.75) is 27.3 Å². The molecule has 2 rings (SSSR count). The highest BCUT2D eigenvalue weighted by Gasteiger charge is 2.29. The number of anilines is 2. The van der Waals surface area contributed by atoms with Gasteiger partial charge >= 0.3 is 0 Å². The summed E-state index contributed by atoms with van der Waals surface area (Å²) in [5.74, 6) is -0.180. The van der Waals surface area contributed by atoms with Crippen molar-refractivity contribution in [3.8, 4) is 0 Å². The number of pyridine rings is 1. The highest BCUT2D eigenvalue weighted by atomic mass is 16.2. The predicted octanol–water partition coefficient (Wildman–Crippen LogP) is 2.40. The normalized spacial score (nSPS) is 11.2. The molecule has 1 aromatic carbocycles. The molecule has 0 bridgehead atoms. The summed E-state index contributed by atoms with van der Waals surface area (Å²) in [6.45, 7) is 5.77. The van der Waals surface area contributed by atoms with E-state index in [0.29, 0.717) is 17.9 Å². The largest absolute Gasteiger partial charge is 0.397 e. The van der Waals surface area contributed by atoms with Crippen molar-refractivity contribution in [3.05, 3.63) is 58.5 Å². The third-order valence-electron chi connectivity index (χ3n) is 3.65. The number of para-hydroxylation sites is 2. The number of amides is 1. The molecule has 0 atom stereocenters. The number of hydrogen-bond donors (Lipinski definition) is 2. The second-order valence-electron chi connectivity index (χ2n) is 6.02. The van der Waals surface area contributed by atoms with Crippen LogP contribution in [0.1, 0.15) is 19.5 Å². The van der Waals surface area contributed by atoms with Gasteiger partial charge in [0.15, 0.2) is 0 Å². The van der Waals surface area contributed by atoms with Crippen LogP contribution in [0.3, 0.4) is 0 Å². The van der Waals surface area contributed by atoms with Gasteiger partial charge in [-0.25, -0.2) is 0 Å². The number of carbonyl (C=O) groups excluding carboxylic acids is 1. The van der Waals surface area contributed by atoms with Crippen molar-refractivity contribution in [2.24, 2.45) is 5.41 Å². The summed E-state index contributed by atoms with van der Waals surface area (Å²) in [6.07, 6.45) is 0. The van der Waals surface area contributed by atoms with Crippen LogP contribution in [-0.4, -0.2) is 10.5 Å². The van der Waals surface area contributed by atoms with E-state index in [4.69, 9.17) is 5.73 Å². The van der Waals surface area contributed by atoms with Crippen molar-refractivity contribution in [3.63, 3.8) is 0 Å². The van der Waals surface area contributed by atoms with Crippen LogP contribution in [0.15, 0.2) is 47.3 Å². The molecule has 0 fully saturated rings. The number of rotatable bonds is 4. The molecule has 0 saturated heterocycles. The molecule has 1 aromatic heterocycles. The number of aromatic nitrogens is 1. The molecule has 0 radical (unpaired) electrons. The third kappa shape index (κ3) is 3.36. The summed E-state index contributed by atoms with van der Waals surface area (Å²) >= 11 is 0. The van der Waals surface area contributed by atoms with Crippen molar-refractivity contribution in [1.82, 2.24) is 4.57 Å². The van der Waals surface area contributed by atoms with Crippen LogP contribution in [0.2, 0.25) is 0 Å². The van der Waals surface area contributed by atoms with Crippen LogP contribution in [0.25, 0.3) is 0 Å². The molecule has 0 saturated carbocycles. The lowest BCUT2D eigenvalue weighted by atomic mass is 9.91. The lowest BCUT2D eigenvalue weighted by Gasteiger charge is -2.26. The monoisotopic (exact) mass is 299 g/mol. The first-order chi connectivity index (χ1) is 10.3. The molecular formula is C17H21N3O2. The minimum Gasteiger partial charge on any atom is -0.397 e. The highest BCUT2D eigenvalue weighted by Crippen LogP contribution is 2.24. The van der Waals surface area contributed by atoms with E-state index in [-0.39, 0.29) is 11.5 Å². The molecule has 0 aliphatic carbocycles.